The molecule has 0 bridgehead atoms. The monoisotopic (exact) mass is 698 g/mol. The van der Waals surface area contributed by atoms with Gasteiger partial charge in [0.05, 0.1) is 11.0 Å². The van der Waals surface area contributed by atoms with E-state index in [9.17, 15) is 0 Å². The molecule has 256 valence electrons. The second-order valence-corrected chi connectivity index (χ2v) is 17.0. The summed E-state index contributed by atoms with van der Waals surface area (Å²) >= 11 is 0. The molecule has 2 aliphatic heterocycles. The largest absolute Gasteiger partial charge is 0.310 e. The second kappa shape index (κ2) is 10.1. The third kappa shape index (κ3) is 3.80. The maximum absolute atomic E-state index is 2.64. The van der Waals surface area contributed by atoms with E-state index in [1.807, 2.05) is 0 Å². The summed E-state index contributed by atoms with van der Waals surface area (Å²) in [4.78, 5) is 0. The van der Waals surface area contributed by atoms with Crippen LogP contribution in [0.3, 0.4) is 0 Å². The van der Waals surface area contributed by atoms with E-state index < -0.39 is 0 Å². The van der Waals surface area contributed by atoms with Crippen molar-refractivity contribution in [1.82, 2.24) is 9.13 Å². The molecule has 3 heteroatoms. The highest BCUT2D eigenvalue weighted by Gasteiger charge is 2.43. The highest BCUT2D eigenvalue weighted by molar-refractivity contribution is 7.01. The Morgan fingerprint density at radius 3 is 1.53 bits per heavy atom. The van der Waals surface area contributed by atoms with Crippen LogP contribution in [0.15, 0.2) is 158 Å². The molecule has 0 atom stereocenters. The van der Waals surface area contributed by atoms with Crippen LogP contribution in [0.5, 0.6) is 0 Å². The van der Waals surface area contributed by atoms with Gasteiger partial charge in [0.15, 0.2) is 0 Å². The van der Waals surface area contributed by atoms with Crippen molar-refractivity contribution in [3.05, 3.63) is 163 Å². The minimum absolute atomic E-state index is 0.0337. The molecule has 0 unspecified atom stereocenters. The van der Waals surface area contributed by atoms with E-state index in [0.29, 0.717) is 0 Å². The molecular formula is C52H35BN2. The van der Waals surface area contributed by atoms with E-state index in [4.69, 9.17) is 0 Å². The van der Waals surface area contributed by atoms with Gasteiger partial charge < -0.3 is 9.13 Å². The highest BCUT2D eigenvalue weighted by Crippen LogP contribution is 2.44. The molecule has 2 aromatic heterocycles. The van der Waals surface area contributed by atoms with Crippen molar-refractivity contribution in [3.8, 4) is 22.5 Å². The SMILES string of the molecule is CC(C)(C)c1cc2c3c(c1)c1cc4ccccc4cc1n3-c1cc(-c3ccccc3)cc3c1B2c1c2ccccc2cc2c4cc5ccccc5cc4n-3c12. The molecule has 0 saturated heterocycles. The van der Waals surface area contributed by atoms with Crippen LogP contribution in [0.1, 0.15) is 26.3 Å². The normalized spacial score (nSPS) is 13.3. The molecule has 11 aromatic rings. The first-order valence-corrected chi connectivity index (χ1v) is 19.5. The van der Waals surface area contributed by atoms with Crippen LogP contribution in [0.25, 0.3) is 98.4 Å². The van der Waals surface area contributed by atoms with Crippen molar-refractivity contribution >= 4 is 99.0 Å². The summed E-state index contributed by atoms with van der Waals surface area (Å²) in [6.45, 7) is 7.14. The summed E-state index contributed by atoms with van der Waals surface area (Å²) in [7, 11) is 0. The van der Waals surface area contributed by atoms with E-state index in [1.54, 1.807) is 0 Å². The van der Waals surface area contributed by atoms with Gasteiger partial charge in [-0.1, -0.05) is 130 Å². The topological polar surface area (TPSA) is 9.86 Å². The fraction of sp³-hybridized carbons (Fsp3) is 0.0769. The Morgan fingerprint density at radius 2 is 0.909 bits per heavy atom. The van der Waals surface area contributed by atoms with Gasteiger partial charge in [0, 0.05) is 44.0 Å². The Bertz CT molecular complexity index is 3520. The van der Waals surface area contributed by atoms with Crippen molar-refractivity contribution in [1.29, 1.82) is 0 Å². The van der Waals surface area contributed by atoms with Gasteiger partial charge in [0.25, 0.3) is 6.71 Å². The number of benzene rings is 9. The lowest BCUT2D eigenvalue weighted by Crippen LogP contribution is -2.59. The summed E-state index contributed by atoms with van der Waals surface area (Å²) in [5.74, 6) is 0. The Balaban J connectivity index is 1.32. The molecule has 0 aliphatic carbocycles. The van der Waals surface area contributed by atoms with E-state index in [0.717, 1.165) is 0 Å². The Labute approximate surface area is 318 Å². The summed E-state index contributed by atoms with van der Waals surface area (Å²) in [5.41, 5.74) is 15.8. The lowest BCUT2D eigenvalue weighted by atomic mass is 9.33. The molecule has 0 fully saturated rings. The minimum atomic E-state index is -0.0337. The van der Waals surface area contributed by atoms with Crippen LogP contribution < -0.4 is 16.4 Å². The molecule has 9 aromatic carbocycles. The molecule has 2 aliphatic rings. The van der Waals surface area contributed by atoms with Gasteiger partial charge >= 0.3 is 0 Å². The van der Waals surface area contributed by atoms with E-state index in [1.165, 1.54) is 120 Å². The molecule has 0 spiro atoms. The van der Waals surface area contributed by atoms with Crippen LogP contribution in [0, 0.1) is 0 Å². The zero-order chi connectivity index (χ0) is 36.3. The summed E-state index contributed by atoms with van der Waals surface area (Å²) < 4.78 is 5.27. The molecule has 13 rings (SSSR count). The lowest BCUT2D eigenvalue weighted by molar-refractivity contribution is 0.591. The molecule has 4 heterocycles. The first kappa shape index (κ1) is 29.8. The maximum atomic E-state index is 2.64. The van der Waals surface area contributed by atoms with Gasteiger partial charge in [-0.2, -0.15) is 0 Å². The average molecular weight is 699 g/mol. The van der Waals surface area contributed by atoms with Gasteiger partial charge in [-0.15, -0.1) is 0 Å². The molecule has 0 amide bonds. The molecular weight excluding hydrogens is 663 g/mol. The Hall–Kier alpha value is -6.58. The van der Waals surface area contributed by atoms with Gasteiger partial charge in [-0.3, -0.25) is 0 Å². The zero-order valence-electron chi connectivity index (χ0n) is 31.0. The zero-order valence-corrected chi connectivity index (χ0v) is 31.0. The van der Waals surface area contributed by atoms with Crippen molar-refractivity contribution < 1.29 is 0 Å². The van der Waals surface area contributed by atoms with Gasteiger partial charge in [-0.05, 0) is 119 Å². The summed E-state index contributed by atoms with van der Waals surface area (Å²) in [6, 6.07) is 60.0. The number of fused-ring (bicyclic) bond motifs is 14. The summed E-state index contributed by atoms with van der Waals surface area (Å²) in [5, 5.41) is 13.0. The summed E-state index contributed by atoms with van der Waals surface area (Å²) in [6.07, 6.45) is 0. The Morgan fingerprint density at radius 1 is 0.400 bits per heavy atom. The van der Waals surface area contributed by atoms with Gasteiger partial charge in [0.1, 0.15) is 0 Å². The fourth-order valence-corrected chi connectivity index (χ4v) is 10.4. The van der Waals surface area contributed by atoms with Crippen LogP contribution in [0.2, 0.25) is 0 Å². The standard InChI is InChI=1S/C52H35BN2/c1-52(2,3)37-28-42-40-22-32-16-8-9-17-33(32)24-44(40)54-46-26-36(30-13-5-4-6-14-30)27-47-49(46)53(43(29-37)50(42)54)48-38-20-12-11-19-35(38)23-41-39-21-31-15-7-10-18-34(31)25-45(39)55(47)51(41)48/h4-29H,1-3H3. The molecule has 2 nitrogen and oxygen atoms in total. The van der Waals surface area contributed by atoms with E-state index in [-0.39, 0.29) is 12.1 Å². The molecule has 0 radical (unpaired) electrons. The quantitative estimate of drug-likeness (QED) is 0.151. The molecule has 55 heavy (non-hydrogen) atoms. The van der Waals surface area contributed by atoms with Crippen molar-refractivity contribution in [2.75, 3.05) is 0 Å². The third-order valence-corrected chi connectivity index (χ3v) is 12.9. The predicted molar refractivity (Wildman–Crippen MR) is 236 cm³/mol. The molecule has 0 saturated carbocycles. The molecule has 0 N–H and O–H groups in total. The number of hydrogen-bond donors (Lipinski definition) is 0. The number of hydrogen-bond acceptors (Lipinski definition) is 0. The third-order valence-electron chi connectivity index (χ3n) is 12.9. The van der Waals surface area contributed by atoms with Gasteiger partial charge in [0.2, 0.25) is 0 Å². The predicted octanol–water partition coefficient (Wildman–Crippen LogP) is 11.4. The minimum Gasteiger partial charge on any atom is -0.310 e. The van der Waals surface area contributed by atoms with Crippen molar-refractivity contribution in [3.63, 3.8) is 0 Å². The number of aromatic nitrogens is 2. The smallest absolute Gasteiger partial charge is 0.253 e. The Kier molecular flexibility index (Phi) is 5.50. The number of nitrogens with zero attached hydrogens (tertiary/aromatic N) is 2. The maximum Gasteiger partial charge on any atom is 0.253 e. The first-order valence-electron chi connectivity index (χ1n) is 19.5. The van der Waals surface area contributed by atoms with Crippen molar-refractivity contribution in [2.45, 2.75) is 26.2 Å². The van der Waals surface area contributed by atoms with Crippen LogP contribution in [0.4, 0.5) is 0 Å². The van der Waals surface area contributed by atoms with Crippen LogP contribution in [-0.4, -0.2) is 15.8 Å². The van der Waals surface area contributed by atoms with E-state index in [2.05, 4.69) is 188 Å². The second-order valence-electron chi connectivity index (χ2n) is 17.0. The average Bonchev–Trinajstić information content (AvgIpc) is 3.70. The van der Waals surface area contributed by atoms with Crippen LogP contribution in [-0.2, 0) is 5.41 Å². The first-order chi connectivity index (χ1) is 26.9. The fourth-order valence-electron chi connectivity index (χ4n) is 10.4. The van der Waals surface area contributed by atoms with Gasteiger partial charge in [-0.25, -0.2) is 0 Å². The number of rotatable bonds is 1. The highest BCUT2D eigenvalue weighted by atomic mass is 15.0. The van der Waals surface area contributed by atoms with E-state index >= 15 is 0 Å². The van der Waals surface area contributed by atoms with Crippen LogP contribution >= 0.6 is 0 Å². The lowest BCUT2D eigenvalue weighted by Gasteiger charge is -2.35. The van der Waals surface area contributed by atoms with Crippen molar-refractivity contribution in [2.24, 2.45) is 0 Å².